The molecule has 0 radical (unpaired) electrons. The third-order valence-electron chi connectivity index (χ3n) is 6.47. The maximum absolute atomic E-state index is 4.34. The molecule has 0 N–H and O–H groups in total. The summed E-state index contributed by atoms with van der Waals surface area (Å²) >= 11 is 4.34. The minimum Gasteiger partial charge on any atom is -1.00 e. The second kappa shape index (κ2) is 23.4. The highest BCUT2D eigenvalue weighted by Crippen LogP contribution is 2.18. The van der Waals surface area contributed by atoms with Crippen LogP contribution < -0.4 is 17.0 Å². The monoisotopic (exact) mass is 494 g/mol. The molecule has 0 heterocycles. The van der Waals surface area contributed by atoms with Crippen molar-refractivity contribution in [1.82, 2.24) is 4.90 Å². The van der Waals surface area contributed by atoms with E-state index < -0.39 is 0 Å². The number of nitrogens with zero attached hydrogens (tertiary/aromatic N) is 2. The third-order valence-corrected chi connectivity index (χ3v) is 6.79. The van der Waals surface area contributed by atoms with Gasteiger partial charge >= 0.3 is 0 Å². The summed E-state index contributed by atoms with van der Waals surface area (Å²) in [5.74, 6) is 1.06. The fraction of sp³-hybridized carbons (Fsp3) is 1.00. The second-order valence-corrected chi connectivity index (χ2v) is 9.55. The van der Waals surface area contributed by atoms with Crippen LogP contribution in [-0.2, 0) is 0 Å². The molecule has 0 aromatic rings. The molecule has 0 saturated carbocycles. The van der Waals surface area contributed by atoms with E-state index in [1.165, 1.54) is 134 Å². The first-order valence-corrected chi connectivity index (χ1v) is 13.4. The van der Waals surface area contributed by atoms with Crippen LogP contribution in [0.3, 0.4) is 0 Å². The average molecular weight is 496 g/mol. The number of hydrogen-bond acceptors (Lipinski definition) is 2. The SMILES string of the molecule is CCCCCC[N+](CCCC)(CCCCCCCCS)CCCCN(C)CC.[Br-]. The van der Waals surface area contributed by atoms with E-state index in [2.05, 4.69) is 45.3 Å². The van der Waals surface area contributed by atoms with Gasteiger partial charge in [0.2, 0.25) is 0 Å². The van der Waals surface area contributed by atoms with Crippen LogP contribution in [0.2, 0.25) is 0 Å². The quantitative estimate of drug-likeness (QED) is 0.134. The number of halogens is 1. The van der Waals surface area contributed by atoms with E-state index in [1.54, 1.807) is 0 Å². The van der Waals surface area contributed by atoms with Gasteiger partial charge in [-0.3, -0.25) is 0 Å². The number of unbranched alkanes of at least 4 members (excludes halogenated alkanes) is 10. The predicted octanol–water partition coefficient (Wildman–Crippen LogP) is 4.19. The molecular weight excluding hydrogens is 440 g/mol. The van der Waals surface area contributed by atoms with Crippen molar-refractivity contribution in [2.45, 2.75) is 111 Å². The van der Waals surface area contributed by atoms with Gasteiger partial charge in [-0.1, -0.05) is 59.3 Å². The maximum Gasteiger partial charge on any atom is 0.0787 e. The molecule has 0 rings (SSSR count). The summed E-state index contributed by atoms with van der Waals surface area (Å²) in [6.45, 7) is 15.1. The van der Waals surface area contributed by atoms with E-state index in [9.17, 15) is 0 Å². The second-order valence-electron chi connectivity index (χ2n) is 9.10. The molecular formula is C25H55BrN2S. The Balaban J connectivity index is 0. The Bertz CT molecular complexity index is 317. The van der Waals surface area contributed by atoms with Crippen LogP contribution >= 0.6 is 12.6 Å². The molecule has 0 spiro atoms. The normalized spacial score (nSPS) is 13.4. The largest absolute Gasteiger partial charge is 1.00 e. The molecule has 0 aliphatic carbocycles. The van der Waals surface area contributed by atoms with Crippen LogP contribution in [0.4, 0.5) is 0 Å². The van der Waals surface area contributed by atoms with Gasteiger partial charge in [-0.2, -0.15) is 12.6 Å². The van der Waals surface area contributed by atoms with Crippen molar-refractivity contribution < 1.29 is 21.5 Å². The lowest BCUT2D eigenvalue weighted by Crippen LogP contribution is -3.00. The van der Waals surface area contributed by atoms with Gasteiger partial charge in [0.25, 0.3) is 0 Å². The van der Waals surface area contributed by atoms with E-state index in [-0.39, 0.29) is 17.0 Å². The molecule has 1 unspecified atom stereocenters. The first kappa shape index (κ1) is 31.9. The average Bonchev–Trinajstić information content (AvgIpc) is 2.71. The molecule has 1 atom stereocenters. The molecule has 0 bridgehead atoms. The minimum absolute atomic E-state index is 0. The van der Waals surface area contributed by atoms with Crippen LogP contribution in [0.5, 0.6) is 0 Å². The van der Waals surface area contributed by atoms with E-state index in [0.29, 0.717) is 0 Å². The van der Waals surface area contributed by atoms with Crippen molar-refractivity contribution in [3.8, 4) is 0 Å². The van der Waals surface area contributed by atoms with Gasteiger partial charge in [-0.25, -0.2) is 0 Å². The molecule has 29 heavy (non-hydrogen) atoms. The van der Waals surface area contributed by atoms with Crippen LogP contribution in [-0.4, -0.2) is 61.5 Å². The zero-order valence-electron chi connectivity index (χ0n) is 20.6. The van der Waals surface area contributed by atoms with Crippen molar-refractivity contribution in [1.29, 1.82) is 0 Å². The fourth-order valence-corrected chi connectivity index (χ4v) is 4.52. The summed E-state index contributed by atoms with van der Waals surface area (Å²) in [6.07, 6.45) is 19.6. The Kier molecular flexibility index (Phi) is 25.8. The van der Waals surface area contributed by atoms with Crippen LogP contribution in [0.15, 0.2) is 0 Å². The first-order valence-electron chi connectivity index (χ1n) is 12.8. The highest BCUT2D eigenvalue weighted by atomic mass is 79.9. The van der Waals surface area contributed by atoms with Gasteiger partial charge in [0.1, 0.15) is 0 Å². The summed E-state index contributed by atoms with van der Waals surface area (Å²) in [7, 11) is 2.26. The van der Waals surface area contributed by atoms with Crippen LogP contribution in [0, 0.1) is 0 Å². The molecule has 2 nitrogen and oxygen atoms in total. The predicted molar refractivity (Wildman–Crippen MR) is 133 cm³/mol. The van der Waals surface area contributed by atoms with Crippen molar-refractivity contribution in [3.05, 3.63) is 0 Å². The smallest absolute Gasteiger partial charge is 0.0787 e. The zero-order chi connectivity index (χ0) is 20.9. The molecule has 0 aromatic carbocycles. The summed E-state index contributed by atoms with van der Waals surface area (Å²) in [6, 6.07) is 0. The first-order chi connectivity index (χ1) is 13.6. The lowest BCUT2D eigenvalue weighted by atomic mass is 10.1. The number of hydrogen-bond donors (Lipinski definition) is 1. The number of thiol groups is 1. The van der Waals surface area contributed by atoms with Crippen LogP contribution in [0.25, 0.3) is 0 Å². The minimum atomic E-state index is 0. The molecule has 0 aromatic heterocycles. The van der Waals surface area contributed by atoms with Crippen molar-refractivity contribution in [2.24, 2.45) is 0 Å². The van der Waals surface area contributed by atoms with Gasteiger partial charge in [0.05, 0.1) is 26.2 Å². The molecule has 4 heteroatoms. The molecule has 178 valence electrons. The molecule has 0 saturated heterocycles. The van der Waals surface area contributed by atoms with Crippen molar-refractivity contribution in [2.75, 3.05) is 52.1 Å². The molecule has 0 aliphatic heterocycles. The van der Waals surface area contributed by atoms with Gasteiger partial charge in [-0.05, 0) is 77.3 Å². The van der Waals surface area contributed by atoms with E-state index in [1.807, 2.05) is 0 Å². The lowest BCUT2D eigenvalue weighted by molar-refractivity contribution is -0.929. The Hall–Kier alpha value is 0.750. The summed E-state index contributed by atoms with van der Waals surface area (Å²) in [5, 5.41) is 0. The molecule has 0 aliphatic rings. The number of rotatable bonds is 22. The zero-order valence-corrected chi connectivity index (χ0v) is 23.0. The van der Waals surface area contributed by atoms with E-state index in [4.69, 9.17) is 0 Å². The van der Waals surface area contributed by atoms with Gasteiger partial charge in [0, 0.05) is 0 Å². The van der Waals surface area contributed by atoms with Crippen molar-refractivity contribution in [3.63, 3.8) is 0 Å². The Morgan fingerprint density at radius 1 is 0.586 bits per heavy atom. The highest BCUT2D eigenvalue weighted by Gasteiger charge is 2.25. The van der Waals surface area contributed by atoms with Crippen LogP contribution in [0.1, 0.15) is 111 Å². The number of quaternary nitrogens is 1. The van der Waals surface area contributed by atoms with Gasteiger partial charge in [-0.15, -0.1) is 0 Å². The summed E-state index contributed by atoms with van der Waals surface area (Å²) < 4.78 is 1.42. The highest BCUT2D eigenvalue weighted by molar-refractivity contribution is 7.80. The lowest BCUT2D eigenvalue weighted by Gasteiger charge is -2.39. The summed E-state index contributed by atoms with van der Waals surface area (Å²) in [5.41, 5.74) is 0. The fourth-order valence-electron chi connectivity index (χ4n) is 4.29. The van der Waals surface area contributed by atoms with E-state index in [0.717, 1.165) is 5.75 Å². The van der Waals surface area contributed by atoms with E-state index >= 15 is 0 Å². The third kappa shape index (κ3) is 19.2. The Morgan fingerprint density at radius 3 is 1.55 bits per heavy atom. The maximum atomic E-state index is 4.34. The van der Waals surface area contributed by atoms with Crippen molar-refractivity contribution >= 4 is 12.6 Å². The standard InChI is InChI=1S/C25H54N2S.BrH/c1-5-8-10-16-22-27(21-9-6-2,24-18-15-20-26(4)7-3)23-17-13-11-12-14-19-25-28;/h5-25H2,1-4H3;1H. The molecule has 0 amide bonds. The van der Waals surface area contributed by atoms with Gasteiger partial charge < -0.3 is 26.4 Å². The summed E-state index contributed by atoms with van der Waals surface area (Å²) in [4.78, 5) is 2.47. The topological polar surface area (TPSA) is 3.24 Å². The van der Waals surface area contributed by atoms with Gasteiger partial charge in [0.15, 0.2) is 0 Å². The Labute approximate surface area is 201 Å². The molecule has 0 fully saturated rings. The Morgan fingerprint density at radius 2 is 1.03 bits per heavy atom.